The van der Waals surface area contributed by atoms with Crippen LogP contribution in [0.1, 0.15) is 18.4 Å². The fraction of sp³-hybridized carbons (Fsp3) is 0.500. The SMILES string of the molecule is COc1ccc2c(c1)C=C(CN1CCC[C@]3(CNC(=O)O3)C1)CO2. The van der Waals surface area contributed by atoms with Crippen molar-refractivity contribution in [1.82, 2.24) is 10.2 Å². The van der Waals surface area contributed by atoms with E-state index >= 15 is 0 Å². The number of piperidine rings is 1. The van der Waals surface area contributed by atoms with E-state index in [4.69, 9.17) is 14.2 Å². The van der Waals surface area contributed by atoms with Crippen LogP contribution in [0.2, 0.25) is 0 Å². The molecule has 0 unspecified atom stereocenters. The Kier molecular flexibility index (Phi) is 3.84. The lowest BCUT2D eigenvalue weighted by atomic mass is 9.92. The molecule has 1 spiro atoms. The van der Waals surface area contributed by atoms with Crippen molar-refractivity contribution in [3.05, 3.63) is 29.3 Å². The van der Waals surface area contributed by atoms with Gasteiger partial charge in [-0.05, 0) is 49.2 Å². The van der Waals surface area contributed by atoms with Crippen LogP contribution in [-0.2, 0) is 4.74 Å². The number of nitrogens with one attached hydrogen (secondary N) is 1. The van der Waals surface area contributed by atoms with Crippen LogP contribution in [0, 0.1) is 0 Å². The number of carbonyl (C=O) groups excluding carboxylic acids is 1. The number of fused-ring (bicyclic) bond motifs is 1. The molecule has 3 aliphatic heterocycles. The van der Waals surface area contributed by atoms with Gasteiger partial charge in [-0.25, -0.2) is 4.79 Å². The maximum atomic E-state index is 11.4. The number of methoxy groups -OCH3 is 1. The van der Waals surface area contributed by atoms with Crippen molar-refractivity contribution in [2.24, 2.45) is 0 Å². The Labute approximate surface area is 141 Å². The minimum absolute atomic E-state index is 0.293. The highest BCUT2D eigenvalue weighted by Gasteiger charge is 2.43. The Morgan fingerprint density at radius 3 is 3.12 bits per heavy atom. The molecule has 0 bridgehead atoms. The Bertz CT molecular complexity index is 688. The fourth-order valence-corrected chi connectivity index (χ4v) is 3.76. The van der Waals surface area contributed by atoms with Crippen LogP contribution in [0.25, 0.3) is 6.08 Å². The topological polar surface area (TPSA) is 60.0 Å². The van der Waals surface area contributed by atoms with E-state index in [1.54, 1.807) is 7.11 Å². The largest absolute Gasteiger partial charge is 0.497 e. The van der Waals surface area contributed by atoms with Gasteiger partial charge in [-0.2, -0.15) is 0 Å². The summed E-state index contributed by atoms with van der Waals surface area (Å²) < 4.78 is 16.7. The first-order valence-corrected chi connectivity index (χ1v) is 8.35. The summed E-state index contributed by atoms with van der Waals surface area (Å²) in [6.07, 6.45) is 3.85. The molecule has 1 N–H and O–H groups in total. The first-order chi connectivity index (χ1) is 11.7. The van der Waals surface area contributed by atoms with Crippen LogP contribution < -0.4 is 14.8 Å². The van der Waals surface area contributed by atoms with E-state index in [9.17, 15) is 4.79 Å². The number of benzene rings is 1. The standard InChI is InChI=1S/C18H22N2O4/c1-22-15-3-4-16-14(8-15)7-13(10-23-16)9-20-6-2-5-18(12-20)11-19-17(21)24-18/h3-4,7-8H,2,5-6,9-12H2,1H3,(H,19,21)/t18-/m0/s1. The summed E-state index contributed by atoms with van der Waals surface area (Å²) in [7, 11) is 1.67. The Morgan fingerprint density at radius 1 is 1.42 bits per heavy atom. The van der Waals surface area contributed by atoms with E-state index in [-0.39, 0.29) is 11.7 Å². The monoisotopic (exact) mass is 330 g/mol. The molecule has 2 saturated heterocycles. The molecular weight excluding hydrogens is 308 g/mol. The molecule has 128 valence electrons. The minimum atomic E-state index is -0.355. The second-order valence-corrected chi connectivity index (χ2v) is 6.74. The van der Waals surface area contributed by atoms with Gasteiger partial charge >= 0.3 is 6.09 Å². The smallest absolute Gasteiger partial charge is 0.407 e. The van der Waals surface area contributed by atoms with Crippen molar-refractivity contribution in [3.8, 4) is 11.5 Å². The molecule has 3 aliphatic rings. The maximum absolute atomic E-state index is 11.4. The number of hydrogen-bond acceptors (Lipinski definition) is 5. The van der Waals surface area contributed by atoms with Gasteiger partial charge in [-0.1, -0.05) is 0 Å². The van der Waals surface area contributed by atoms with Crippen LogP contribution >= 0.6 is 0 Å². The summed E-state index contributed by atoms with van der Waals surface area (Å²) in [5, 5.41) is 2.79. The van der Waals surface area contributed by atoms with Crippen molar-refractivity contribution in [3.63, 3.8) is 0 Å². The fourth-order valence-electron chi connectivity index (χ4n) is 3.76. The number of amides is 1. The average Bonchev–Trinajstić information content (AvgIpc) is 2.94. The number of carbonyl (C=O) groups is 1. The van der Waals surface area contributed by atoms with Gasteiger partial charge in [0.1, 0.15) is 23.7 Å². The normalized spacial score (nSPS) is 26.2. The molecule has 1 aromatic carbocycles. The Morgan fingerprint density at radius 2 is 2.33 bits per heavy atom. The first-order valence-electron chi connectivity index (χ1n) is 8.35. The van der Waals surface area contributed by atoms with Crippen LogP contribution in [0.4, 0.5) is 4.79 Å². The third-order valence-corrected chi connectivity index (χ3v) is 4.90. The van der Waals surface area contributed by atoms with Crippen LogP contribution in [-0.4, -0.2) is 56.5 Å². The molecule has 1 amide bonds. The number of rotatable bonds is 3. The molecule has 6 heteroatoms. The summed E-state index contributed by atoms with van der Waals surface area (Å²) in [6.45, 7) is 3.82. The number of alkyl carbamates (subject to hydrolysis) is 1. The summed E-state index contributed by atoms with van der Waals surface area (Å²) >= 11 is 0. The predicted molar refractivity (Wildman–Crippen MR) is 89.4 cm³/mol. The summed E-state index contributed by atoms with van der Waals surface area (Å²) in [5.41, 5.74) is 1.92. The molecule has 0 radical (unpaired) electrons. The highest BCUT2D eigenvalue weighted by Crippen LogP contribution is 2.32. The van der Waals surface area contributed by atoms with Crippen molar-refractivity contribution in [2.75, 3.05) is 39.9 Å². The summed E-state index contributed by atoms with van der Waals surface area (Å²) in [5.74, 6) is 1.72. The third-order valence-electron chi connectivity index (χ3n) is 4.90. The van der Waals surface area contributed by atoms with Crippen molar-refractivity contribution in [1.29, 1.82) is 0 Å². The van der Waals surface area contributed by atoms with Crippen molar-refractivity contribution >= 4 is 12.2 Å². The molecule has 1 aromatic rings. The van der Waals surface area contributed by atoms with Crippen LogP contribution in [0.15, 0.2) is 23.8 Å². The number of likely N-dealkylation sites (tertiary alicyclic amines) is 1. The molecule has 0 saturated carbocycles. The molecule has 3 heterocycles. The van der Waals surface area contributed by atoms with Gasteiger partial charge in [0.2, 0.25) is 0 Å². The van der Waals surface area contributed by atoms with Gasteiger partial charge in [0.05, 0.1) is 13.7 Å². The second kappa shape index (κ2) is 6.02. The maximum Gasteiger partial charge on any atom is 0.407 e. The zero-order valence-corrected chi connectivity index (χ0v) is 13.8. The number of hydrogen-bond donors (Lipinski definition) is 1. The zero-order valence-electron chi connectivity index (χ0n) is 13.8. The molecule has 0 aliphatic carbocycles. The lowest BCUT2D eigenvalue weighted by molar-refractivity contribution is -0.00610. The minimum Gasteiger partial charge on any atom is -0.497 e. The van der Waals surface area contributed by atoms with E-state index in [0.717, 1.165) is 49.5 Å². The zero-order chi connectivity index (χ0) is 16.6. The van der Waals surface area contributed by atoms with Gasteiger partial charge in [0.25, 0.3) is 0 Å². The average molecular weight is 330 g/mol. The lowest BCUT2D eigenvalue weighted by Gasteiger charge is -2.38. The molecule has 4 rings (SSSR count). The molecule has 2 fully saturated rings. The van der Waals surface area contributed by atoms with Crippen LogP contribution in [0.5, 0.6) is 11.5 Å². The number of ether oxygens (including phenoxy) is 3. The lowest BCUT2D eigenvalue weighted by Crippen LogP contribution is -2.51. The van der Waals surface area contributed by atoms with E-state index in [0.29, 0.717) is 13.2 Å². The highest BCUT2D eigenvalue weighted by molar-refractivity contribution is 5.70. The Hall–Kier alpha value is -2.21. The number of nitrogens with zero attached hydrogens (tertiary/aromatic N) is 1. The van der Waals surface area contributed by atoms with Gasteiger partial charge in [0, 0.05) is 18.7 Å². The van der Waals surface area contributed by atoms with E-state index < -0.39 is 0 Å². The van der Waals surface area contributed by atoms with Gasteiger partial charge in [-0.15, -0.1) is 0 Å². The summed E-state index contributed by atoms with van der Waals surface area (Å²) in [4.78, 5) is 13.8. The van der Waals surface area contributed by atoms with Gasteiger partial charge < -0.3 is 19.5 Å². The molecule has 6 nitrogen and oxygen atoms in total. The van der Waals surface area contributed by atoms with E-state index in [2.05, 4.69) is 16.3 Å². The van der Waals surface area contributed by atoms with Crippen molar-refractivity contribution in [2.45, 2.75) is 18.4 Å². The molecule has 24 heavy (non-hydrogen) atoms. The van der Waals surface area contributed by atoms with Crippen LogP contribution in [0.3, 0.4) is 0 Å². The second-order valence-electron chi connectivity index (χ2n) is 6.74. The Balaban J connectivity index is 1.47. The quantitative estimate of drug-likeness (QED) is 0.919. The third kappa shape index (κ3) is 2.94. The van der Waals surface area contributed by atoms with Gasteiger partial charge in [-0.3, -0.25) is 4.90 Å². The molecule has 1 atom stereocenters. The molecular formula is C18H22N2O4. The molecule has 0 aromatic heterocycles. The predicted octanol–water partition coefficient (Wildman–Crippen LogP) is 2.05. The van der Waals surface area contributed by atoms with Gasteiger partial charge in [0.15, 0.2) is 0 Å². The first kappa shape index (κ1) is 15.3. The highest BCUT2D eigenvalue weighted by atomic mass is 16.6. The van der Waals surface area contributed by atoms with E-state index in [1.165, 1.54) is 5.57 Å². The van der Waals surface area contributed by atoms with Crippen molar-refractivity contribution < 1.29 is 19.0 Å². The van der Waals surface area contributed by atoms with E-state index in [1.807, 2.05) is 18.2 Å². The summed E-state index contributed by atoms with van der Waals surface area (Å²) in [6, 6.07) is 5.85.